The zero-order chi connectivity index (χ0) is 42.2. The van der Waals surface area contributed by atoms with Gasteiger partial charge in [0.1, 0.15) is 36.3 Å². The third kappa shape index (κ3) is 14.7. The summed E-state index contributed by atoms with van der Waals surface area (Å²) in [6, 6.07) is 0.197. The summed E-state index contributed by atoms with van der Waals surface area (Å²) >= 11 is 0. The number of carbonyl (C=O) groups is 9. The van der Waals surface area contributed by atoms with Gasteiger partial charge in [-0.2, -0.15) is 0 Å². The standard InChI is InChI=1S/C36H53N11O10/c1-19(2)14-22-32(53)46-24(16-27(37)48)34(55)47-13-7-11-26(47)33(54)44-21(10-6-12-40-36(38)39)31(52)45-23(15-20-8-4-3-5-9-20)30(51)41-18-29(50)43-25(35(56)57)17-28(49)42-22/h3-5,8-9,19,21-26H,6-7,10-18H2,1-2H3,(H2,37,48)(H,41,51)(H,42,49)(H,43,50)(H,44,54)(H,45,52)(H,46,53)(H,56,57)(H4,38,39,40)/t21-,22?,23-,24-,25-,26-/m0/s1. The number of nitrogens with two attached hydrogens (primary N) is 3. The molecule has 0 aliphatic carbocycles. The van der Waals surface area contributed by atoms with Gasteiger partial charge in [0.15, 0.2) is 5.96 Å². The van der Waals surface area contributed by atoms with Crippen LogP contribution in [0.1, 0.15) is 64.4 Å². The lowest BCUT2D eigenvalue weighted by atomic mass is 10.0. The summed E-state index contributed by atoms with van der Waals surface area (Å²) in [4.78, 5) is 124. The molecule has 3 rings (SSSR count). The van der Waals surface area contributed by atoms with Crippen LogP contribution in [0, 0.1) is 5.92 Å². The van der Waals surface area contributed by atoms with E-state index in [-0.39, 0.29) is 57.1 Å². The highest BCUT2D eigenvalue weighted by molar-refractivity contribution is 5.99. The van der Waals surface area contributed by atoms with Crippen molar-refractivity contribution in [2.45, 2.75) is 101 Å². The quantitative estimate of drug-likeness (QED) is 0.0586. The molecule has 0 saturated carbocycles. The van der Waals surface area contributed by atoms with Crippen molar-refractivity contribution < 1.29 is 48.3 Å². The minimum Gasteiger partial charge on any atom is -0.480 e. The van der Waals surface area contributed by atoms with E-state index in [4.69, 9.17) is 17.2 Å². The molecule has 0 spiro atoms. The fraction of sp³-hybridized carbons (Fsp3) is 0.556. The molecule has 0 radical (unpaired) electrons. The highest BCUT2D eigenvalue weighted by atomic mass is 16.4. The summed E-state index contributed by atoms with van der Waals surface area (Å²) in [6.45, 7) is 2.89. The average Bonchev–Trinajstić information content (AvgIpc) is 3.63. The largest absolute Gasteiger partial charge is 0.480 e. The summed E-state index contributed by atoms with van der Waals surface area (Å²) in [5.41, 5.74) is 17.0. The Labute approximate surface area is 329 Å². The summed E-state index contributed by atoms with van der Waals surface area (Å²) in [7, 11) is 0. The number of guanidine groups is 1. The molecule has 2 heterocycles. The summed E-state index contributed by atoms with van der Waals surface area (Å²) in [6.07, 6.45) is -0.811. The number of nitrogens with zero attached hydrogens (tertiary/aromatic N) is 2. The number of aliphatic carboxylic acids is 1. The highest BCUT2D eigenvalue weighted by Gasteiger charge is 2.40. The number of fused-ring (bicyclic) bond motifs is 1. The number of hydrogen-bond donors (Lipinski definition) is 10. The van der Waals surface area contributed by atoms with Gasteiger partial charge in [0.25, 0.3) is 0 Å². The molecule has 1 aromatic carbocycles. The van der Waals surface area contributed by atoms with Crippen molar-refractivity contribution in [3.05, 3.63) is 35.9 Å². The molecule has 1 unspecified atom stereocenters. The number of amides is 8. The zero-order valence-electron chi connectivity index (χ0n) is 32.0. The van der Waals surface area contributed by atoms with Gasteiger partial charge in [-0.3, -0.25) is 43.3 Å². The Morgan fingerprint density at radius 1 is 0.825 bits per heavy atom. The van der Waals surface area contributed by atoms with Crippen LogP contribution in [0.5, 0.6) is 0 Å². The van der Waals surface area contributed by atoms with E-state index in [0.29, 0.717) is 12.0 Å². The lowest BCUT2D eigenvalue weighted by Crippen LogP contribution is -2.60. The number of hydrogen-bond acceptors (Lipinski definition) is 10. The molecular formula is C36H53N11O10. The van der Waals surface area contributed by atoms with Crippen molar-refractivity contribution >= 4 is 59.2 Å². The predicted octanol–water partition coefficient (Wildman–Crippen LogP) is -3.78. The molecule has 312 valence electrons. The van der Waals surface area contributed by atoms with Crippen LogP contribution in [0.25, 0.3) is 0 Å². The first-order chi connectivity index (χ1) is 26.9. The Hall–Kier alpha value is -6.28. The second-order valence-electron chi connectivity index (χ2n) is 14.3. The molecule has 57 heavy (non-hydrogen) atoms. The average molecular weight is 800 g/mol. The number of nitrogens with one attached hydrogen (secondary N) is 6. The van der Waals surface area contributed by atoms with Gasteiger partial charge in [-0.1, -0.05) is 44.2 Å². The van der Waals surface area contributed by atoms with Crippen LogP contribution in [0.3, 0.4) is 0 Å². The van der Waals surface area contributed by atoms with Gasteiger partial charge >= 0.3 is 5.97 Å². The Kier molecular flexibility index (Phi) is 17.2. The highest BCUT2D eigenvalue weighted by Crippen LogP contribution is 2.20. The van der Waals surface area contributed by atoms with E-state index in [1.807, 2.05) is 0 Å². The number of aliphatic imine (C=N–C) groups is 1. The van der Waals surface area contributed by atoms with Crippen LogP contribution in [0.15, 0.2) is 35.3 Å². The first-order valence-electron chi connectivity index (χ1n) is 18.6. The second-order valence-corrected chi connectivity index (χ2v) is 14.3. The van der Waals surface area contributed by atoms with Crippen molar-refractivity contribution in [1.82, 2.24) is 36.8 Å². The maximum atomic E-state index is 14.0. The van der Waals surface area contributed by atoms with Gasteiger partial charge in [-0.05, 0) is 43.6 Å². The minimum absolute atomic E-state index is 0.0169. The van der Waals surface area contributed by atoms with Crippen molar-refractivity contribution in [2.75, 3.05) is 19.6 Å². The van der Waals surface area contributed by atoms with Gasteiger partial charge < -0.3 is 59.1 Å². The van der Waals surface area contributed by atoms with Crippen molar-refractivity contribution in [3.8, 4) is 0 Å². The fourth-order valence-corrected chi connectivity index (χ4v) is 6.43. The van der Waals surface area contributed by atoms with Crippen LogP contribution in [0.2, 0.25) is 0 Å². The monoisotopic (exact) mass is 799 g/mol. The number of carboxylic acids is 1. The first-order valence-corrected chi connectivity index (χ1v) is 18.6. The van der Waals surface area contributed by atoms with Crippen molar-refractivity contribution in [1.29, 1.82) is 0 Å². The summed E-state index contributed by atoms with van der Waals surface area (Å²) in [5, 5.41) is 24.6. The van der Waals surface area contributed by atoms with Gasteiger partial charge in [0.2, 0.25) is 47.3 Å². The Balaban J connectivity index is 2.05. The molecule has 2 aliphatic heterocycles. The summed E-state index contributed by atoms with van der Waals surface area (Å²) < 4.78 is 0. The molecule has 13 N–H and O–H groups in total. The number of carbonyl (C=O) groups excluding carboxylic acids is 8. The van der Waals surface area contributed by atoms with E-state index in [0.717, 1.165) is 0 Å². The molecule has 8 amide bonds. The van der Waals surface area contributed by atoms with Gasteiger partial charge in [0.05, 0.1) is 19.4 Å². The smallest absolute Gasteiger partial charge is 0.326 e. The Morgan fingerprint density at radius 3 is 2.11 bits per heavy atom. The Bertz CT molecular complexity index is 1690. The molecular weight excluding hydrogens is 746 g/mol. The van der Waals surface area contributed by atoms with E-state index >= 15 is 0 Å². The van der Waals surface area contributed by atoms with Crippen LogP contribution in [-0.2, 0) is 49.6 Å². The Morgan fingerprint density at radius 2 is 1.47 bits per heavy atom. The fourth-order valence-electron chi connectivity index (χ4n) is 6.43. The van der Waals surface area contributed by atoms with Crippen LogP contribution < -0.4 is 49.1 Å². The van der Waals surface area contributed by atoms with Crippen LogP contribution in [-0.4, -0.2) is 125 Å². The molecule has 0 aromatic heterocycles. The minimum atomic E-state index is -1.78. The van der Waals surface area contributed by atoms with E-state index in [1.54, 1.807) is 44.2 Å². The van der Waals surface area contributed by atoms with E-state index in [9.17, 15) is 48.3 Å². The lowest BCUT2D eigenvalue weighted by molar-refractivity contribution is -0.144. The van der Waals surface area contributed by atoms with Crippen molar-refractivity contribution in [3.63, 3.8) is 0 Å². The van der Waals surface area contributed by atoms with Gasteiger partial charge in [0, 0.05) is 19.5 Å². The zero-order valence-corrected chi connectivity index (χ0v) is 32.0. The number of carboxylic acid groups (broad SMARTS) is 1. The van der Waals surface area contributed by atoms with E-state index in [2.05, 4.69) is 36.9 Å². The van der Waals surface area contributed by atoms with Gasteiger partial charge in [-0.15, -0.1) is 0 Å². The van der Waals surface area contributed by atoms with Crippen LogP contribution >= 0.6 is 0 Å². The van der Waals surface area contributed by atoms with Gasteiger partial charge in [-0.25, -0.2) is 4.79 Å². The number of primary amides is 1. The molecule has 6 atom stereocenters. The molecule has 21 heteroatoms. The first kappa shape index (κ1) is 45.1. The normalized spacial score (nSPS) is 24.6. The molecule has 0 bridgehead atoms. The third-order valence-corrected chi connectivity index (χ3v) is 9.16. The third-order valence-electron chi connectivity index (χ3n) is 9.16. The molecule has 21 nitrogen and oxygen atoms in total. The lowest BCUT2D eigenvalue weighted by Gasteiger charge is -2.31. The topological polar surface area (TPSA) is 340 Å². The maximum absolute atomic E-state index is 14.0. The second kappa shape index (κ2) is 21.7. The number of rotatable bonds is 11. The number of benzene rings is 1. The maximum Gasteiger partial charge on any atom is 0.326 e. The van der Waals surface area contributed by atoms with E-state index in [1.165, 1.54) is 4.90 Å². The summed E-state index contributed by atoms with van der Waals surface area (Å²) in [5.74, 6) is -8.91. The molecule has 2 aliphatic rings. The molecule has 2 fully saturated rings. The predicted molar refractivity (Wildman–Crippen MR) is 203 cm³/mol. The SMILES string of the molecule is CC(C)CC1NC(=O)C[C@@H](C(=O)O)NC(=O)CNC(=O)[C@H](Cc2ccccc2)NC(=O)[C@H](CCCN=C(N)N)NC(=O)[C@@H]2CCCN2C(=O)[C@H](CC(N)=O)NC1=O. The molecule has 2 saturated heterocycles. The van der Waals surface area contributed by atoms with Crippen LogP contribution in [0.4, 0.5) is 0 Å². The van der Waals surface area contributed by atoms with E-state index < -0.39 is 109 Å². The molecule has 1 aromatic rings. The van der Waals surface area contributed by atoms with Crippen molar-refractivity contribution in [2.24, 2.45) is 28.1 Å².